The number of nitrogens with one attached hydrogen (secondary N) is 1. The van der Waals surface area contributed by atoms with Crippen LogP contribution in [0.3, 0.4) is 0 Å². The SMILES string of the molecule is O=C(Nc1nc(-c2ccc(F)c(F)c2)cs1)c1cc2cc([N+](=O)[O-])ccc2s1. The largest absolute Gasteiger partial charge is 0.297 e. The third-order valence-corrected chi connectivity index (χ3v) is 5.75. The first-order valence-electron chi connectivity index (χ1n) is 7.81. The molecule has 6 nitrogen and oxygen atoms in total. The monoisotopic (exact) mass is 417 g/mol. The van der Waals surface area contributed by atoms with Gasteiger partial charge in [0.25, 0.3) is 11.6 Å². The Balaban J connectivity index is 1.55. The summed E-state index contributed by atoms with van der Waals surface area (Å²) in [5, 5.41) is 16.0. The average Bonchev–Trinajstić information content (AvgIpc) is 3.30. The molecule has 2 aromatic heterocycles. The fraction of sp³-hybridized carbons (Fsp3) is 0. The second-order valence-corrected chi connectivity index (χ2v) is 7.65. The van der Waals surface area contributed by atoms with Gasteiger partial charge < -0.3 is 0 Å². The Bertz CT molecular complexity index is 1240. The average molecular weight is 417 g/mol. The lowest BCUT2D eigenvalue weighted by molar-refractivity contribution is -0.384. The van der Waals surface area contributed by atoms with Gasteiger partial charge in [0.2, 0.25) is 0 Å². The van der Waals surface area contributed by atoms with Crippen LogP contribution < -0.4 is 5.32 Å². The number of benzene rings is 2. The van der Waals surface area contributed by atoms with Gasteiger partial charge in [0.05, 0.1) is 15.5 Å². The van der Waals surface area contributed by atoms with Crippen molar-refractivity contribution in [3.8, 4) is 11.3 Å². The summed E-state index contributed by atoms with van der Waals surface area (Å²) in [5.41, 5.74) is 0.754. The molecule has 0 aliphatic carbocycles. The van der Waals surface area contributed by atoms with E-state index in [-0.39, 0.29) is 5.69 Å². The number of rotatable bonds is 4. The topological polar surface area (TPSA) is 85.1 Å². The van der Waals surface area contributed by atoms with Crippen molar-refractivity contribution < 1.29 is 18.5 Å². The molecule has 4 rings (SSSR count). The summed E-state index contributed by atoms with van der Waals surface area (Å²) in [5.74, 6) is -2.33. The van der Waals surface area contributed by atoms with E-state index in [1.807, 2.05) is 0 Å². The minimum Gasteiger partial charge on any atom is -0.297 e. The number of carbonyl (C=O) groups excluding carboxylic acids is 1. The quantitative estimate of drug-likeness (QED) is 0.353. The van der Waals surface area contributed by atoms with Crippen molar-refractivity contribution in [2.75, 3.05) is 5.32 Å². The van der Waals surface area contributed by atoms with Crippen molar-refractivity contribution >= 4 is 49.5 Å². The number of anilines is 1. The van der Waals surface area contributed by atoms with Gasteiger partial charge in [0.1, 0.15) is 0 Å². The number of thiazole rings is 1. The van der Waals surface area contributed by atoms with Crippen molar-refractivity contribution in [3.05, 3.63) is 74.5 Å². The fourth-order valence-corrected chi connectivity index (χ4v) is 4.19. The molecule has 0 unspecified atom stereocenters. The van der Waals surface area contributed by atoms with Crippen LogP contribution in [0.15, 0.2) is 47.8 Å². The number of aromatic nitrogens is 1. The maximum absolute atomic E-state index is 13.4. The summed E-state index contributed by atoms with van der Waals surface area (Å²) in [6.45, 7) is 0. The number of non-ortho nitro benzene ring substituents is 1. The molecular formula is C18H9F2N3O3S2. The second-order valence-electron chi connectivity index (χ2n) is 5.71. The van der Waals surface area contributed by atoms with Crippen LogP contribution >= 0.6 is 22.7 Å². The first-order valence-corrected chi connectivity index (χ1v) is 9.50. The van der Waals surface area contributed by atoms with Gasteiger partial charge in [-0.25, -0.2) is 13.8 Å². The van der Waals surface area contributed by atoms with Crippen molar-refractivity contribution in [1.82, 2.24) is 4.98 Å². The van der Waals surface area contributed by atoms with Gasteiger partial charge in [-0.05, 0) is 30.3 Å². The highest BCUT2D eigenvalue weighted by Gasteiger charge is 2.15. The summed E-state index contributed by atoms with van der Waals surface area (Å²) in [6.07, 6.45) is 0. The van der Waals surface area contributed by atoms with Gasteiger partial charge in [-0.2, -0.15) is 0 Å². The number of nitro benzene ring substituents is 1. The normalized spacial score (nSPS) is 10.9. The minimum atomic E-state index is -0.976. The lowest BCUT2D eigenvalue weighted by Gasteiger charge is -1.99. The fourth-order valence-electron chi connectivity index (χ4n) is 2.53. The van der Waals surface area contributed by atoms with Gasteiger partial charge in [-0.15, -0.1) is 22.7 Å². The predicted octanol–water partition coefficient (Wildman–Crippen LogP) is 5.46. The van der Waals surface area contributed by atoms with Crippen LogP contribution in [-0.4, -0.2) is 15.8 Å². The van der Waals surface area contributed by atoms with Gasteiger partial charge in [-0.1, -0.05) is 0 Å². The van der Waals surface area contributed by atoms with Crippen molar-refractivity contribution in [3.63, 3.8) is 0 Å². The minimum absolute atomic E-state index is 0.0478. The van der Waals surface area contributed by atoms with E-state index in [4.69, 9.17) is 0 Å². The molecule has 0 saturated carbocycles. The summed E-state index contributed by atoms with van der Waals surface area (Å²) in [7, 11) is 0. The first-order chi connectivity index (χ1) is 13.4. The Morgan fingerprint density at radius 3 is 2.68 bits per heavy atom. The molecule has 28 heavy (non-hydrogen) atoms. The Labute approximate surface area is 164 Å². The maximum Gasteiger partial charge on any atom is 0.270 e. The van der Waals surface area contributed by atoms with E-state index in [0.29, 0.717) is 26.7 Å². The number of amides is 1. The van der Waals surface area contributed by atoms with E-state index in [1.165, 1.54) is 29.5 Å². The van der Waals surface area contributed by atoms with Crippen LogP contribution in [-0.2, 0) is 0 Å². The van der Waals surface area contributed by atoms with Gasteiger partial charge in [0.15, 0.2) is 16.8 Å². The smallest absolute Gasteiger partial charge is 0.270 e. The molecule has 4 aromatic rings. The molecule has 0 bridgehead atoms. The molecule has 0 saturated heterocycles. The number of hydrogen-bond acceptors (Lipinski definition) is 6. The van der Waals surface area contributed by atoms with Crippen molar-refractivity contribution in [1.29, 1.82) is 0 Å². The lowest BCUT2D eigenvalue weighted by atomic mass is 10.2. The third-order valence-electron chi connectivity index (χ3n) is 3.87. The summed E-state index contributed by atoms with van der Waals surface area (Å²) >= 11 is 2.35. The third kappa shape index (κ3) is 3.47. The maximum atomic E-state index is 13.4. The Hall–Kier alpha value is -3.24. The zero-order valence-corrected chi connectivity index (χ0v) is 15.4. The van der Waals surface area contributed by atoms with E-state index in [0.717, 1.165) is 28.2 Å². The number of nitrogens with zero attached hydrogens (tertiary/aromatic N) is 2. The van der Waals surface area contributed by atoms with E-state index in [1.54, 1.807) is 17.5 Å². The highest BCUT2D eigenvalue weighted by Crippen LogP contribution is 2.30. The van der Waals surface area contributed by atoms with Crippen LogP contribution in [0.1, 0.15) is 9.67 Å². The molecule has 10 heteroatoms. The van der Waals surface area contributed by atoms with Crippen molar-refractivity contribution in [2.24, 2.45) is 0 Å². The number of thiophene rings is 1. The van der Waals surface area contributed by atoms with Crippen LogP contribution in [0.4, 0.5) is 19.6 Å². The van der Waals surface area contributed by atoms with Crippen molar-refractivity contribution in [2.45, 2.75) is 0 Å². The molecule has 0 fully saturated rings. The molecule has 0 atom stereocenters. The highest BCUT2D eigenvalue weighted by atomic mass is 32.1. The number of nitro groups is 1. The van der Waals surface area contributed by atoms with E-state index < -0.39 is 22.5 Å². The zero-order valence-electron chi connectivity index (χ0n) is 13.8. The Morgan fingerprint density at radius 1 is 1.11 bits per heavy atom. The van der Waals surface area contributed by atoms with Gasteiger partial charge >= 0.3 is 0 Å². The summed E-state index contributed by atoms with van der Waals surface area (Å²) in [4.78, 5) is 27.4. The molecule has 2 heterocycles. The predicted molar refractivity (Wildman–Crippen MR) is 104 cm³/mol. The molecule has 1 N–H and O–H groups in total. The molecule has 0 aliphatic rings. The molecule has 140 valence electrons. The zero-order chi connectivity index (χ0) is 19.8. The van der Waals surface area contributed by atoms with Crippen LogP contribution in [0.2, 0.25) is 0 Å². The Kier molecular flexibility index (Phi) is 4.57. The Morgan fingerprint density at radius 2 is 1.93 bits per heavy atom. The number of hydrogen-bond donors (Lipinski definition) is 1. The standard InChI is InChI=1S/C18H9F2N3O3S2/c19-12-3-1-9(6-13(12)20)14-8-27-18(21-14)22-17(24)16-7-10-5-11(23(25)26)2-4-15(10)28-16/h1-8H,(H,21,22,24). The summed E-state index contributed by atoms with van der Waals surface area (Å²) < 4.78 is 27.2. The number of fused-ring (bicyclic) bond motifs is 1. The molecule has 0 spiro atoms. The van der Waals surface area contributed by atoms with Crippen LogP contribution in [0.5, 0.6) is 0 Å². The van der Waals surface area contributed by atoms with Gasteiger partial charge in [0, 0.05) is 33.2 Å². The molecule has 2 aromatic carbocycles. The van der Waals surface area contributed by atoms with Crippen LogP contribution in [0.25, 0.3) is 21.3 Å². The number of halogens is 2. The van der Waals surface area contributed by atoms with Crippen LogP contribution in [0, 0.1) is 21.7 Å². The first kappa shape index (κ1) is 18.1. The molecule has 0 aliphatic heterocycles. The summed E-state index contributed by atoms with van der Waals surface area (Å²) in [6, 6.07) is 9.42. The molecular weight excluding hydrogens is 408 g/mol. The number of carbonyl (C=O) groups is 1. The van der Waals surface area contributed by atoms with Gasteiger partial charge in [-0.3, -0.25) is 20.2 Å². The lowest BCUT2D eigenvalue weighted by Crippen LogP contribution is -2.09. The second kappa shape index (κ2) is 7.06. The molecule has 1 amide bonds. The molecule has 0 radical (unpaired) electrons. The van der Waals surface area contributed by atoms with E-state index in [2.05, 4.69) is 10.3 Å². The highest BCUT2D eigenvalue weighted by molar-refractivity contribution is 7.21. The van der Waals surface area contributed by atoms with E-state index >= 15 is 0 Å². The van der Waals surface area contributed by atoms with E-state index in [9.17, 15) is 23.7 Å².